The molecule has 4 rings (SSSR count). The number of ether oxygens (including phenoxy) is 4. The van der Waals surface area contributed by atoms with Crippen molar-refractivity contribution in [3.05, 3.63) is 0 Å². The van der Waals surface area contributed by atoms with Crippen molar-refractivity contribution in [1.29, 1.82) is 0 Å². The Hall–Kier alpha value is -2.35. The van der Waals surface area contributed by atoms with Gasteiger partial charge in [-0.05, 0) is 39.0 Å². The Morgan fingerprint density at radius 1 is 1.07 bits per heavy atom. The SMILES string of the molecule is CC(OC(=O)CCC(=O)OC1C2CC3C1OC(=O)C3C2C(=O)OC1(C(C)(C)C)CCCCC1)C(F)(F)S(=O)(=O)O. The number of hydrogen-bond donors (Lipinski definition) is 1. The Morgan fingerprint density at radius 2 is 1.68 bits per heavy atom. The number of halogens is 2. The van der Waals surface area contributed by atoms with E-state index in [2.05, 4.69) is 4.74 Å². The van der Waals surface area contributed by atoms with Crippen molar-refractivity contribution in [3.8, 4) is 0 Å². The van der Waals surface area contributed by atoms with Gasteiger partial charge >= 0.3 is 39.2 Å². The van der Waals surface area contributed by atoms with Gasteiger partial charge in [0.05, 0.1) is 24.7 Å². The lowest BCUT2D eigenvalue weighted by Crippen LogP contribution is -2.51. The maximum absolute atomic E-state index is 13.6. The summed E-state index contributed by atoms with van der Waals surface area (Å²) < 4.78 is 79.1. The minimum atomic E-state index is -5.82. The monoisotopic (exact) mass is 594 g/mol. The molecule has 0 radical (unpaired) electrons. The Kier molecular flexibility index (Phi) is 8.02. The first-order chi connectivity index (χ1) is 18.4. The highest BCUT2D eigenvalue weighted by Gasteiger charge is 2.70. The maximum Gasteiger partial charge on any atom is 0.405 e. The van der Waals surface area contributed by atoms with E-state index in [0.717, 1.165) is 19.3 Å². The first-order valence-electron chi connectivity index (χ1n) is 13.6. The molecule has 7 atom stereocenters. The van der Waals surface area contributed by atoms with E-state index in [9.17, 15) is 36.4 Å². The van der Waals surface area contributed by atoms with Gasteiger partial charge in [0, 0.05) is 17.3 Å². The standard InChI is InChI=1S/C26H36F2O11S/c1-13(26(27,28)40(33,34)35)36-16(29)8-9-17(30)37-20-15-12-14-18(22(31)38-21(14)20)19(15)23(32)39-25(24(2,3)4)10-6-5-7-11-25/h13-15,18-21H,5-12H2,1-4H3,(H,33,34,35). The molecule has 1 N–H and O–H groups in total. The van der Waals surface area contributed by atoms with E-state index in [1.54, 1.807) is 0 Å². The molecule has 1 aliphatic heterocycles. The van der Waals surface area contributed by atoms with Crippen molar-refractivity contribution >= 4 is 34.0 Å². The number of fused-ring (bicyclic) bond motifs is 1. The van der Waals surface area contributed by atoms with Crippen LogP contribution in [0.25, 0.3) is 0 Å². The van der Waals surface area contributed by atoms with Gasteiger partial charge in [-0.25, -0.2) is 0 Å². The summed E-state index contributed by atoms with van der Waals surface area (Å²) in [6.45, 7) is 6.64. The van der Waals surface area contributed by atoms with Crippen molar-refractivity contribution in [3.63, 3.8) is 0 Å². The van der Waals surface area contributed by atoms with E-state index in [0.29, 0.717) is 26.2 Å². The fraction of sp³-hybridized carbons (Fsp3) is 0.846. The van der Waals surface area contributed by atoms with Crippen LogP contribution in [0, 0.1) is 29.1 Å². The minimum Gasteiger partial charge on any atom is -0.458 e. The van der Waals surface area contributed by atoms with E-state index >= 15 is 0 Å². The molecule has 3 aliphatic carbocycles. The molecule has 0 aromatic rings. The summed E-state index contributed by atoms with van der Waals surface area (Å²) >= 11 is 0. The van der Waals surface area contributed by atoms with E-state index in [4.69, 9.17) is 18.8 Å². The normalized spacial score (nSPS) is 31.8. The molecule has 14 heteroatoms. The number of carbonyl (C=O) groups is 4. The zero-order valence-corrected chi connectivity index (χ0v) is 23.7. The van der Waals surface area contributed by atoms with Crippen LogP contribution in [0.4, 0.5) is 8.78 Å². The van der Waals surface area contributed by atoms with Gasteiger partial charge in [-0.1, -0.05) is 27.2 Å². The van der Waals surface area contributed by atoms with Crippen LogP contribution in [0.3, 0.4) is 0 Å². The number of esters is 4. The average molecular weight is 595 g/mol. The minimum absolute atomic E-state index is 0.321. The molecule has 4 fully saturated rings. The van der Waals surface area contributed by atoms with Gasteiger partial charge < -0.3 is 18.9 Å². The number of rotatable bonds is 9. The molecule has 0 spiro atoms. The van der Waals surface area contributed by atoms with Gasteiger partial charge in [-0.15, -0.1) is 0 Å². The second kappa shape index (κ2) is 10.5. The maximum atomic E-state index is 13.6. The molecule has 0 amide bonds. The lowest BCUT2D eigenvalue weighted by Gasteiger charge is -2.47. The van der Waals surface area contributed by atoms with Crippen molar-refractivity contribution in [2.45, 2.75) is 108 Å². The molecule has 0 aromatic carbocycles. The summed E-state index contributed by atoms with van der Waals surface area (Å²) in [6, 6.07) is 0. The van der Waals surface area contributed by atoms with Gasteiger partial charge in [0.25, 0.3) is 0 Å². The lowest BCUT2D eigenvalue weighted by atomic mass is 9.68. The van der Waals surface area contributed by atoms with Crippen LogP contribution in [0.15, 0.2) is 0 Å². The lowest BCUT2D eigenvalue weighted by molar-refractivity contribution is -0.191. The fourth-order valence-corrected chi connectivity index (χ4v) is 7.27. The first-order valence-corrected chi connectivity index (χ1v) is 15.0. The highest BCUT2D eigenvalue weighted by atomic mass is 32.2. The van der Waals surface area contributed by atoms with Crippen molar-refractivity contribution in [1.82, 2.24) is 0 Å². The van der Waals surface area contributed by atoms with Crippen molar-refractivity contribution in [2.75, 3.05) is 0 Å². The Labute approximate surface area is 231 Å². The number of hydrogen-bond acceptors (Lipinski definition) is 10. The molecule has 40 heavy (non-hydrogen) atoms. The third kappa shape index (κ3) is 5.33. The average Bonchev–Trinajstić information content (AvgIpc) is 3.46. The summed E-state index contributed by atoms with van der Waals surface area (Å²) in [5, 5.41) is -4.73. The number of carbonyl (C=O) groups excluding carboxylic acids is 4. The van der Waals surface area contributed by atoms with Crippen LogP contribution in [-0.4, -0.2) is 66.0 Å². The molecule has 226 valence electrons. The smallest absolute Gasteiger partial charge is 0.405 e. The zero-order chi connectivity index (χ0) is 29.8. The summed E-state index contributed by atoms with van der Waals surface area (Å²) in [5.74, 6) is -5.64. The molecular weight excluding hydrogens is 558 g/mol. The third-order valence-electron chi connectivity index (χ3n) is 9.07. The van der Waals surface area contributed by atoms with E-state index in [1.807, 2.05) is 20.8 Å². The van der Waals surface area contributed by atoms with Gasteiger partial charge in [0.15, 0.2) is 6.10 Å². The first kappa shape index (κ1) is 30.6. The Balaban J connectivity index is 1.39. The van der Waals surface area contributed by atoms with Crippen LogP contribution < -0.4 is 0 Å². The summed E-state index contributed by atoms with van der Waals surface area (Å²) in [7, 11) is -5.82. The molecule has 1 heterocycles. The molecule has 11 nitrogen and oxygen atoms in total. The predicted molar refractivity (Wildman–Crippen MR) is 131 cm³/mol. The topological polar surface area (TPSA) is 160 Å². The van der Waals surface area contributed by atoms with Crippen LogP contribution in [0.5, 0.6) is 0 Å². The second-order valence-corrected chi connectivity index (χ2v) is 13.9. The summed E-state index contributed by atoms with van der Waals surface area (Å²) in [4.78, 5) is 50.9. The van der Waals surface area contributed by atoms with Crippen LogP contribution in [-0.2, 0) is 48.2 Å². The van der Waals surface area contributed by atoms with Gasteiger partial charge in [-0.2, -0.15) is 17.2 Å². The van der Waals surface area contributed by atoms with Crippen LogP contribution in [0.1, 0.15) is 79.1 Å². The van der Waals surface area contributed by atoms with Gasteiger partial charge in [-0.3, -0.25) is 23.7 Å². The van der Waals surface area contributed by atoms with Gasteiger partial charge in [0.2, 0.25) is 0 Å². The molecule has 7 unspecified atom stereocenters. The molecule has 4 aliphatic rings. The molecular formula is C26H36F2O11S. The molecule has 3 saturated carbocycles. The Morgan fingerprint density at radius 3 is 2.25 bits per heavy atom. The largest absolute Gasteiger partial charge is 0.458 e. The van der Waals surface area contributed by atoms with Crippen LogP contribution in [0.2, 0.25) is 0 Å². The van der Waals surface area contributed by atoms with Crippen molar-refractivity contribution in [2.24, 2.45) is 29.1 Å². The van der Waals surface area contributed by atoms with E-state index in [1.165, 1.54) is 0 Å². The zero-order valence-electron chi connectivity index (χ0n) is 22.9. The van der Waals surface area contributed by atoms with E-state index in [-0.39, 0.29) is 11.3 Å². The fourth-order valence-electron chi connectivity index (χ4n) is 6.81. The Bertz CT molecular complexity index is 1160. The molecule has 1 saturated heterocycles. The molecule has 2 bridgehead atoms. The van der Waals surface area contributed by atoms with Crippen molar-refractivity contribution < 1.29 is 59.9 Å². The predicted octanol–water partition coefficient (Wildman–Crippen LogP) is 3.19. The van der Waals surface area contributed by atoms with Crippen LogP contribution >= 0.6 is 0 Å². The van der Waals surface area contributed by atoms with E-state index < -0.39 is 93.8 Å². The third-order valence-corrected chi connectivity index (χ3v) is 10.1. The second-order valence-electron chi connectivity index (χ2n) is 12.4. The summed E-state index contributed by atoms with van der Waals surface area (Å²) in [6.07, 6.45) is -0.739. The summed E-state index contributed by atoms with van der Waals surface area (Å²) in [5.41, 5.74) is -1.01. The highest BCUT2D eigenvalue weighted by molar-refractivity contribution is 7.86. The van der Waals surface area contributed by atoms with Gasteiger partial charge in [0.1, 0.15) is 17.8 Å². The number of alkyl halides is 2. The highest BCUT2D eigenvalue weighted by Crippen LogP contribution is 2.59. The quantitative estimate of drug-likeness (QED) is 0.237. The molecule has 0 aromatic heterocycles.